The van der Waals surface area contributed by atoms with Crippen molar-refractivity contribution in [3.05, 3.63) is 60.1 Å². The molecule has 1 fully saturated rings. The molecular weight excluding hydrogens is 544 g/mol. The van der Waals surface area contributed by atoms with E-state index >= 15 is 0 Å². The maximum atomic E-state index is 12.6. The molecule has 0 aromatic carbocycles. The highest BCUT2D eigenvalue weighted by Gasteiger charge is 2.48. The Kier molecular flexibility index (Phi) is 12.2. The molecule has 0 radical (unpaired) electrons. The molecule has 0 aromatic heterocycles. The van der Waals surface area contributed by atoms with E-state index in [9.17, 15) is 35.1 Å². The van der Waals surface area contributed by atoms with E-state index in [1.54, 1.807) is 19.2 Å². The fourth-order valence-electron chi connectivity index (χ4n) is 4.84. The lowest BCUT2D eigenvalue weighted by Crippen LogP contribution is -3.08. The molecule has 3 rings (SSSR count). The number of aliphatic hydroxyl groups is 4. The van der Waals surface area contributed by atoms with Crippen molar-refractivity contribution in [1.82, 2.24) is 5.32 Å². The van der Waals surface area contributed by atoms with Gasteiger partial charge in [0.1, 0.15) is 49.3 Å². The van der Waals surface area contributed by atoms with Crippen LogP contribution >= 0.6 is 0 Å². The van der Waals surface area contributed by atoms with Gasteiger partial charge in [0.2, 0.25) is 6.29 Å². The highest BCUT2D eigenvalue weighted by Crippen LogP contribution is 2.36. The van der Waals surface area contributed by atoms with Gasteiger partial charge in [0.15, 0.2) is 6.29 Å². The molecule has 0 amide bonds. The van der Waals surface area contributed by atoms with Crippen LogP contribution in [0.3, 0.4) is 0 Å². The Morgan fingerprint density at radius 2 is 2.00 bits per heavy atom. The van der Waals surface area contributed by atoms with Crippen molar-refractivity contribution < 1.29 is 63.7 Å². The van der Waals surface area contributed by atoms with E-state index in [1.165, 1.54) is 31.7 Å². The van der Waals surface area contributed by atoms with Gasteiger partial charge >= 0.3 is 11.9 Å². The summed E-state index contributed by atoms with van der Waals surface area (Å²) in [6.45, 7) is 3.85. The predicted molar refractivity (Wildman–Crippen MR) is 141 cm³/mol. The minimum atomic E-state index is -1.46. The highest BCUT2D eigenvalue weighted by atomic mass is 16.8. The molecule has 1 saturated heterocycles. The number of methoxy groups -OCH3 is 1. The molecule has 9 atom stereocenters. The summed E-state index contributed by atoms with van der Waals surface area (Å²) >= 11 is 0. The molecule has 7 N–H and O–H groups in total. The maximum Gasteiger partial charge on any atom is 0.341 e. The number of aliphatic carboxylic acids is 1. The van der Waals surface area contributed by atoms with Crippen LogP contribution in [0.15, 0.2) is 60.1 Å². The Balaban J connectivity index is 1.91. The summed E-state index contributed by atoms with van der Waals surface area (Å²) in [6, 6.07) is 0. The summed E-state index contributed by atoms with van der Waals surface area (Å²) < 4.78 is 28.0. The molecule has 3 aliphatic heterocycles. The molecular formula is C27H39N2O12+. The zero-order valence-corrected chi connectivity index (χ0v) is 22.9. The van der Waals surface area contributed by atoms with E-state index in [4.69, 9.17) is 23.7 Å². The first-order valence-electron chi connectivity index (χ1n) is 13.1. The third-order valence-corrected chi connectivity index (χ3v) is 6.95. The van der Waals surface area contributed by atoms with Crippen LogP contribution < -0.4 is 10.2 Å². The van der Waals surface area contributed by atoms with Crippen LogP contribution in [0.5, 0.6) is 0 Å². The SMILES string of the molecule is C=CC1C(OC2OC(CO)C(O)C(O)C2OCNC)OC=C(C(=O)OC)C1C=CC1=CC(C(=O)O)=C[NH+](CCO)C1. The Labute approximate surface area is 237 Å². The Morgan fingerprint density at radius 3 is 2.61 bits per heavy atom. The van der Waals surface area contributed by atoms with Crippen LogP contribution in [0, 0.1) is 11.8 Å². The minimum Gasteiger partial charge on any atom is -0.477 e. The minimum absolute atomic E-state index is 0.00714. The van der Waals surface area contributed by atoms with Crippen molar-refractivity contribution in [2.75, 3.05) is 47.2 Å². The van der Waals surface area contributed by atoms with Crippen LogP contribution in [-0.4, -0.2) is 122 Å². The molecule has 0 bridgehead atoms. The van der Waals surface area contributed by atoms with Crippen LogP contribution in [0.25, 0.3) is 0 Å². The number of carboxylic acids is 1. The number of aliphatic hydroxyl groups excluding tert-OH is 4. The molecule has 3 aliphatic rings. The number of carboxylic acid groups (broad SMARTS) is 1. The topological polar surface area (TPSA) is 198 Å². The number of rotatable bonds is 13. The van der Waals surface area contributed by atoms with Gasteiger partial charge in [0, 0.05) is 11.5 Å². The van der Waals surface area contributed by atoms with Crippen molar-refractivity contribution in [3.8, 4) is 0 Å². The number of esters is 1. The van der Waals surface area contributed by atoms with Crippen molar-refractivity contribution in [1.29, 1.82) is 0 Å². The van der Waals surface area contributed by atoms with E-state index < -0.39 is 67.4 Å². The van der Waals surface area contributed by atoms with Gasteiger partial charge in [0.05, 0.1) is 44.8 Å². The summed E-state index contributed by atoms with van der Waals surface area (Å²) in [5, 5.41) is 52.2. The lowest BCUT2D eigenvalue weighted by atomic mass is 9.83. The number of allylic oxidation sites excluding steroid dienone is 1. The third-order valence-electron chi connectivity index (χ3n) is 6.95. The molecule has 0 saturated carbocycles. The molecule has 14 nitrogen and oxygen atoms in total. The summed E-state index contributed by atoms with van der Waals surface area (Å²) in [7, 11) is 2.84. The van der Waals surface area contributed by atoms with Crippen LogP contribution in [0.2, 0.25) is 0 Å². The number of hydrogen-bond acceptors (Lipinski definition) is 12. The van der Waals surface area contributed by atoms with Gasteiger partial charge in [-0.2, -0.15) is 0 Å². The Morgan fingerprint density at radius 1 is 1.24 bits per heavy atom. The van der Waals surface area contributed by atoms with E-state index in [0.717, 1.165) is 4.90 Å². The van der Waals surface area contributed by atoms with Gasteiger partial charge in [0.25, 0.3) is 0 Å². The number of hydrogen-bond donors (Lipinski definition) is 7. The summed E-state index contributed by atoms with van der Waals surface area (Å²) in [6.07, 6.45) is 1.49. The van der Waals surface area contributed by atoms with Crippen LogP contribution in [-0.2, 0) is 33.3 Å². The van der Waals surface area contributed by atoms with Crippen molar-refractivity contribution in [2.45, 2.75) is 37.0 Å². The van der Waals surface area contributed by atoms with Gasteiger partial charge in [-0.1, -0.05) is 18.2 Å². The summed E-state index contributed by atoms with van der Waals surface area (Å²) in [4.78, 5) is 25.0. The maximum absolute atomic E-state index is 12.6. The van der Waals surface area contributed by atoms with Gasteiger partial charge in [-0.25, -0.2) is 9.59 Å². The molecule has 0 aliphatic carbocycles. The molecule has 0 spiro atoms. The second-order valence-electron chi connectivity index (χ2n) is 9.67. The molecule has 41 heavy (non-hydrogen) atoms. The van der Waals surface area contributed by atoms with Crippen molar-refractivity contribution >= 4 is 11.9 Å². The number of carbonyl (C=O) groups is 2. The molecule has 14 heteroatoms. The lowest BCUT2D eigenvalue weighted by Gasteiger charge is -2.44. The average molecular weight is 584 g/mol. The lowest BCUT2D eigenvalue weighted by molar-refractivity contribution is -0.842. The Hall–Kier alpha value is -2.92. The van der Waals surface area contributed by atoms with E-state index in [0.29, 0.717) is 18.7 Å². The fourth-order valence-corrected chi connectivity index (χ4v) is 4.84. The number of carbonyl (C=O) groups excluding carboxylic acids is 1. The third kappa shape index (κ3) is 7.88. The second-order valence-corrected chi connectivity index (χ2v) is 9.67. The Bertz CT molecular complexity index is 1060. The molecule has 228 valence electrons. The number of nitrogens with one attached hydrogen (secondary N) is 2. The monoisotopic (exact) mass is 583 g/mol. The largest absolute Gasteiger partial charge is 0.477 e. The quantitative estimate of drug-likeness (QED) is 0.0666. The van der Waals surface area contributed by atoms with Crippen molar-refractivity contribution in [3.63, 3.8) is 0 Å². The van der Waals surface area contributed by atoms with E-state index in [-0.39, 0.29) is 24.5 Å². The summed E-state index contributed by atoms with van der Waals surface area (Å²) in [5.41, 5.74) is 0.857. The first kappa shape index (κ1) is 32.6. The van der Waals surface area contributed by atoms with Gasteiger partial charge in [-0.05, 0) is 13.1 Å². The van der Waals surface area contributed by atoms with E-state index in [1.807, 2.05) is 0 Å². The normalized spacial score (nSPS) is 33.8. The second kappa shape index (κ2) is 15.3. The highest BCUT2D eigenvalue weighted by molar-refractivity contribution is 5.90. The zero-order valence-electron chi connectivity index (χ0n) is 22.9. The zero-order chi connectivity index (χ0) is 30.1. The van der Waals surface area contributed by atoms with Gasteiger partial charge in [-0.3, -0.25) is 5.32 Å². The van der Waals surface area contributed by atoms with Crippen LogP contribution in [0.4, 0.5) is 0 Å². The molecule has 0 aromatic rings. The van der Waals surface area contributed by atoms with Gasteiger partial charge in [-0.15, -0.1) is 6.58 Å². The first-order chi connectivity index (χ1) is 19.7. The first-order valence-corrected chi connectivity index (χ1v) is 13.1. The fraction of sp³-hybridized carbons (Fsp3) is 0.556. The van der Waals surface area contributed by atoms with Crippen molar-refractivity contribution in [2.24, 2.45) is 11.8 Å². The van der Waals surface area contributed by atoms with Crippen LogP contribution in [0.1, 0.15) is 0 Å². The smallest absolute Gasteiger partial charge is 0.341 e. The average Bonchev–Trinajstić information content (AvgIpc) is 2.97. The van der Waals surface area contributed by atoms with Gasteiger partial charge < -0.3 is 54.1 Å². The number of quaternary nitrogens is 1. The molecule has 9 unspecified atom stereocenters. The molecule has 3 heterocycles. The summed E-state index contributed by atoms with van der Waals surface area (Å²) in [5.74, 6) is -3.19. The van der Waals surface area contributed by atoms with E-state index in [2.05, 4.69) is 11.9 Å². The standard InChI is InChI=1S/C27H38N2O12/c1-4-17-18(6-5-15-9-16(24(34)35)11-29(10-15)7-8-30)19(25(36)37-3)13-38-26(17)41-27-23(39-14-28-2)22(33)21(32)20(12-31)40-27/h4-6,9,11,13,17-18,20-23,26-28,30-33H,1,7-8,10,12,14H2,2-3H3,(H,34,35)/p+1. The number of ether oxygens (including phenoxy) is 5. The predicted octanol–water partition coefficient (Wildman–Crippen LogP) is -2.82.